The van der Waals surface area contributed by atoms with Gasteiger partial charge in [0.2, 0.25) is 11.8 Å². The molecule has 192 valence electrons. The minimum atomic E-state index is -0.934. The maximum Gasteiger partial charge on any atom is 0.239 e. The number of phenols is 1. The zero-order chi connectivity index (χ0) is 27.0. The van der Waals surface area contributed by atoms with Gasteiger partial charge in [0.05, 0.1) is 28.6 Å². The third-order valence-corrected chi connectivity index (χ3v) is 8.96. The van der Waals surface area contributed by atoms with E-state index in [1.807, 2.05) is 72.9 Å². The van der Waals surface area contributed by atoms with Gasteiger partial charge in [-0.15, -0.1) is 0 Å². The van der Waals surface area contributed by atoms with Crippen molar-refractivity contribution in [3.63, 3.8) is 0 Å². The lowest BCUT2D eigenvalue weighted by molar-refractivity contribution is -0.122. The Labute approximate surface area is 231 Å². The van der Waals surface area contributed by atoms with Crippen LogP contribution in [0.25, 0.3) is 10.8 Å². The second kappa shape index (κ2) is 8.23. The predicted octanol–water partition coefficient (Wildman–Crippen LogP) is 6.50. The molecule has 0 aromatic heterocycles. The highest BCUT2D eigenvalue weighted by molar-refractivity contribution is 6.27. The van der Waals surface area contributed by atoms with Crippen molar-refractivity contribution in [3.8, 4) is 5.75 Å². The molecule has 9 rings (SSSR count). The molecule has 0 saturated carbocycles. The van der Waals surface area contributed by atoms with Gasteiger partial charge in [0.25, 0.3) is 0 Å². The molecule has 2 atom stereocenters. The fourth-order valence-corrected chi connectivity index (χ4v) is 7.41. The minimum absolute atomic E-state index is 0.160. The van der Waals surface area contributed by atoms with E-state index in [4.69, 9.17) is 4.99 Å². The number of hydrogen-bond acceptors (Lipinski definition) is 4. The Morgan fingerprint density at radius 2 is 1.32 bits per heavy atom. The van der Waals surface area contributed by atoms with Crippen LogP contribution in [0.1, 0.15) is 28.2 Å². The number of nitrogens with zero attached hydrogens (tertiary/aromatic N) is 2. The fraction of sp³-hybridized carbons (Fsp3) is 0.114. The zero-order valence-corrected chi connectivity index (χ0v) is 21.4. The Bertz CT molecular complexity index is 1840. The molecular formula is C35H24N2O3. The van der Waals surface area contributed by atoms with Crippen molar-refractivity contribution < 1.29 is 14.7 Å². The van der Waals surface area contributed by atoms with Crippen LogP contribution in [0.3, 0.4) is 0 Å². The van der Waals surface area contributed by atoms with Gasteiger partial charge in [-0.3, -0.25) is 14.6 Å². The van der Waals surface area contributed by atoms with Crippen molar-refractivity contribution in [1.29, 1.82) is 0 Å². The standard InChI is InChI=1S/C35H24N2O3/c38-23-18-16-22(17-19-23)36-20-35-27-13-5-3-11-25(27)30(26-12-4-6-14-28(26)35)31-32(35)34(40)37(33(31)39)29-15-7-9-21-8-1-2-10-24(21)29/h1-20,30-32,38H/t30?,31-,32-,35?/m0/s1. The molecule has 0 spiro atoms. The number of anilines is 1. The van der Waals surface area contributed by atoms with Crippen molar-refractivity contribution in [2.24, 2.45) is 16.8 Å². The maximum absolute atomic E-state index is 14.7. The van der Waals surface area contributed by atoms with E-state index in [1.165, 1.54) is 4.90 Å². The third kappa shape index (κ3) is 2.89. The van der Waals surface area contributed by atoms with Gasteiger partial charge in [0, 0.05) is 17.5 Å². The van der Waals surface area contributed by atoms with Crippen molar-refractivity contribution >= 4 is 40.2 Å². The van der Waals surface area contributed by atoms with Gasteiger partial charge in [-0.2, -0.15) is 0 Å². The first-order valence-electron chi connectivity index (χ1n) is 13.5. The molecule has 2 bridgehead atoms. The summed E-state index contributed by atoms with van der Waals surface area (Å²) in [6.45, 7) is 0. The van der Waals surface area contributed by atoms with E-state index in [0.717, 1.165) is 33.0 Å². The van der Waals surface area contributed by atoms with Gasteiger partial charge in [-0.1, -0.05) is 84.9 Å². The fourth-order valence-electron chi connectivity index (χ4n) is 7.41. The number of carbonyl (C=O) groups excluding carboxylic acids is 2. The first kappa shape index (κ1) is 22.9. The largest absolute Gasteiger partial charge is 0.508 e. The van der Waals surface area contributed by atoms with Crippen LogP contribution in [0.4, 0.5) is 11.4 Å². The molecule has 2 amide bonds. The Morgan fingerprint density at radius 1 is 0.700 bits per heavy atom. The summed E-state index contributed by atoms with van der Waals surface area (Å²) in [7, 11) is 0. The minimum Gasteiger partial charge on any atom is -0.508 e. The summed E-state index contributed by atoms with van der Waals surface area (Å²) in [6, 6.07) is 36.7. The number of imide groups is 1. The highest BCUT2D eigenvalue weighted by Crippen LogP contribution is 2.64. The molecular weight excluding hydrogens is 496 g/mol. The number of benzene rings is 5. The summed E-state index contributed by atoms with van der Waals surface area (Å²) in [5, 5.41) is 11.7. The number of amides is 2. The molecule has 40 heavy (non-hydrogen) atoms. The van der Waals surface area contributed by atoms with Gasteiger partial charge in [0.1, 0.15) is 5.75 Å². The monoisotopic (exact) mass is 520 g/mol. The number of phenolic OH excluding ortho intramolecular Hbond substituents is 1. The van der Waals surface area contributed by atoms with Gasteiger partial charge < -0.3 is 5.11 Å². The zero-order valence-electron chi connectivity index (χ0n) is 21.4. The lowest BCUT2D eigenvalue weighted by Gasteiger charge is -2.52. The molecule has 0 radical (unpaired) electrons. The number of carbonyl (C=O) groups is 2. The van der Waals surface area contributed by atoms with E-state index in [0.29, 0.717) is 11.4 Å². The molecule has 5 heteroatoms. The lowest BCUT2D eigenvalue weighted by Crippen LogP contribution is -2.54. The first-order valence-corrected chi connectivity index (χ1v) is 13.5. The number of fused-ring (bicyclic) bond motifs is 1. The van der Waals surface area contributed by atoms with Crippen LogP contribution in [-0.2, 0) is 15.0 Å². The molecule has 1 heterocycles. The Morgan fingerprint density at radius 3 is 2.05 bits per heavy atom. The number of hydrogen-bond donors (Lipinski definition) is 1. The SMILES string of the molecule is O=C1[C@@H]2[C@@H](C(=O)N1c1cccc3ccccc13)C1c3ccccc3C2(C=Nc2ccc(O)cc2)c2ccccc21. The van der Waals surface area contributed by atoms with E-state index in [2.05, 4.69) is 24.3 Å². The second-order valence-corrected chi connectivity index (χ2v) is 10.8. The van der Waals surface area contributed by atoms with Gasteiger partial charge in [-0.05, 0) is 58.0 Å². The average Bonchev–Trinajstić information content (AvgIpc) is 3.27. The smallest absolute Gasteiger partial charge is 0.239 e. The van der Waals surface area contributed by atoms with E-state index in [1.54, 1.807) is 24.3 Å². The Balaban J connectivity index is 1.40. The first-order chi connectivity index (χ1) is 19.6. The molecule has 4 aliphatic rings. The van der Waals surface area contributed by atoms with Crippen molar-refractivity contribution in [1.82, 2.24) is 0 Å². The summed E-state index contributed by atoms with van der Waals surface area (Å²) < 4.78 is 0. The van der Waals surface area contributed by atoms with Crippen LogP contribution < -0.4 is 4.90 Å². The Kier molecular flexibility index (Phi) is 4.72. The highest BCUT2D eigenvalue weighted by atomic mass is 16.3. The number of aromatic hydroxyl groups is 1. The summed E-state index contributed by atoms with van der Waals surface area (Å²) in [4.78, 5) is 35.5. The molecule has 1 aliphatic heterocycles. The van der Waals surface area contributed by atoms with Gasteiger partial charge in [-0.25, -0.2) is 4.90 Å². The Hall–Kier alpha value is -5.03. The molecule has 1 fully saturated rings. The molecule has 1 saturated heterocycles. The number of aliphatic imine (C=N–C) groups is 1. The number of rotatable bonds is 3. The van der Waals surface area contributed by atoms with Crippen LogP contribution in [0.5, 0.6) is 5.75 Å². The van der Waals surface area contributed by atoms with Crippen LogP contribution in [0.2, 0.25) is 0 Å². The second-order valence-electron chi connectivity index (χ2n) is 10.8. The average molecular weight is 521 g/mol. The van der Waals surface area contributed by atoms with Gasteiger partial charge in [0.15, 0.2) is 0 Å². The molecule has 1 N–H and O–H groups in total. The van der Waals surface area contributed by atoms with E-state index < -0.39 is 17.3 Å². The highest BCUT2D eigenvalue weighted by Gasteiger charge is 2.68. The van der Waals surface area contributed by atoms with Crippen LogP contribution >= 0.6 is 0 Å². The summed E-state index contributed by atoms with van der Waals surface area (Å²) >= 11 is 0. The van der Waals surface area contributed by atoms with Gasteiger partial charge >= 0.3 is 0 Å². The maximum atomic E-state index is 14.7. The van der Waals surface area contributed by atoms with Crippen molar-refractivity contribution in [2.75, 3.05) is 4.90 Å². The molecule has 5 nitrogen and oxygen atoms in total. The predicted molar refractivity (Wildman–Crippen MR) is 155 cm³/mol. The summed E-state index contributed by atoms with van der Waals surface area (Å²) in [6.07, 6.45) is 1.88. The molecule has 5 aromatic carbocycles. The summed E-state index contributed by atoms with van der Waals surface area (Å²) in [5.74, 6) is -1.62. The lowest BCUT2D eigenvalue weighted by atomic mass is 9.47. The summed E-state index contributed by atoms with van der Waals surface area (Å²) in [5.41, 5.74) is 4.53. The van der Waals surface area contributed by atoms with Crippen LogP contribution in [0, 0.1) is 11.8 Å². The molecule has 5 aromatic rings. The van der Waals surface area contributed by atoms with E-state index in [9.17, 15) is 14.7 Å². The molecule has 3 aliphatic carbocycles. The van der Waals surface area contributed by atoms with Crippen molar-refractivity contribution in [3.05, 3.63) is 138 Å². The van der Waals surface area contributed by atoms with E-state index >= 15 is 0 Å². The van der Waals surface area contributed by atoms with Crippen LogP contribution in [-0.4, -0.2) is 23.1 Å². The normalized spacial score (nSPS) is 24.4. The third-order valence-electron chi connectivity index (χ3n) is 8.96. The topological polar surface area (TPSA) is 70.0 Å². The van der Waals surface area contributed by atoms with Crippen molar-refractivity contribution in [2.45, 2.75) is 11.3 Å². The molecule has 0 unspecified atom stereocenters. The van der Waals surface area contributed by atoms with E-state index in [-0.39, 0.29) is 23.5 Å². The quantitative estimate of drug-likeness (QED) is 0.218. The van der Waals surface area contributed by atoms with Crippen LogP contribution in [0.15, 0.2) is 120 Å².